The average molecular weight is 335 g/mol. The monoisotopic (exact) mass is 334 g/mol. The fourth-order valence-corrected chi connectivity index (χ4v) is 2.91. The minimum absolute atomic E-state index is 0.147. The lowest BCUT2D eigenvalue weighted by Gasteiger charge is -2.16. The molecule has 2 heterocycles. The highest BCUT2D eigenvalue weighted by Gasteiger charge is 2.14. The summed E-state index contributed by atoms with van der Waals surface area (Å²) in [7, 11) is -1.12. The van der Waals surface area contributed by atoms with E-state index in [-0.39, 0.29) is 11.9 Å². The molecule has 0 fully saturated rings. The van der Waals surface area contributed by atoms with Crippen LogP contribution in [0.4, 0.5) is 4.39 Å². The summed E-state index contributed by atoms with van der Waals surface area (Å²) >= 11 is 11.8. The van der Waals surface area contributed by atoms with E-state index in [4.69, 9.17) is 27.9 Å². The molecule has 20 heavy (non-hydrogen) atoms. The quantitative estimate of drug-likeness (QED) is 0.446. The van der Waals surface area contributed by atoms with Gasteiger partial charge in [-0.15, -0.1) is 0 Å². The summed E-state index contributed by atoms with van der Waals surface area (Å²) in [4.78, 5) is 3.96. The molecule has 2 aromatic heterocycles. The topological polar surface area (TPSA) is 27.1 Å². The number of fused-ring (bicyclic) bond motifs is 1. The molecule has 0 spiro atoms. The van der Waals surface area contributed by atoms with E-state index in [1.807, 2.05) is 0 Å². The van der Waals surface area contributed by atoms with Crippen molar-refractivity contribution in [3.63, 3.8) is 0 Å². The maximum Gasteiger partial charge on any atom is 0.165 e. The maximum absolute atomic E-state index is 13.5. The number of nitrogens with zero attached hydrogens (tertiary/aromatic N) is 2. The van der Waals surface area contributed by atoms with E-state index in [0.717, 1.165) is 6.04 Å². The first-order chi connectivity index (χ1) is 9.28. The third-order valence-corrected chi connectivity index (χ3v) is 5.25. The Morgan fingerprint density at radius 1 is 1.30 bits per heavy atom. The molecule has 0 saturated heterocycles. The molecule has 0 aliphatic heterocycles. The van der Waals surface area contributed by atoms with Gasteiger partial charge in [0.2, 0.25) is 0 Å². The van der Waals surface area contributed by atoms with Crippen molar-refractivity contribution in [2.24, 2.45) is 0 Å². The first kappa shape index (κ1) is 15.8. The van der Waals surface area contributed by atoms with Crippen molar-refractivity contribution in [2.75, 3.05) is 6.61 Å². The molecule has 2 rings (SSSR count). The third kappa shape index (κ3) is 3.72. The van der Waals surface area contributed by atoms with Crippen LogP contribution in [0, 0.1) is 5.82 Å². The molecule has 0 aliphatic rings. The number of rotatable bonds is 5. The van der Waals surface area contributed by atoms with E-state index < -0.39 is 13.9 Å². The lowest BCUT2D eigenvalue weighted by Crippen LogP contribution is -2.22. The van der Waals surface area contributed by atoms with Crippen molar-refractivity contribution in [2.45, 2.75) is 32.4 Å². The molecular weight excluding hydrogens is 318 g/mol. The van der Waals surface area contributed by atoms with Gasteiger partial charge in [0.15, 0.2) is 11.0 Å². The second kappa shape index (κ2) is 6.01. The number of halogens is 3. The molecule has 0 radical (unpaired) electrons. The molecule has 0 aromatic carbocycles. The fourth-order valence-electron chi connectivity index (χ4n) is 1.76. The smallest absolute Gasteiger partial charge is 0.165 e. The second-order valence-electron chi connectivity index (χ2n) is 5.91. The van der Waals surface area contributed by atoms with E-state index in [1.165, 1.54) is 6.07 Å². The third-order valence-electron chi connectivity index (χ3n) is 2.96. The second-order valence-corrected chi connectivity index (χ2v) is 12.3. The molecule has 7 heteroatoms. The lowest BCUT2D eigenvalue weighted by atomic mass is 10.4. The molecule has 110 valence electrons. The van der Waals surface area contributed by atoms with Gasteiger partial charge in [0.25, 0.3) is 0 Å². The highest BCUT2D eigenvalue weighted by Crippen LogP contribution is 2.25. The van der Waals surface area contributed by atoms with Gasteiger partial charge in [0, 0.05) is 26.8 Å². The molecule has 0 aliphatic carbocycles. The number of ether oxygens (including phenoxy) is 1. The lowest BCUT2D eigenvalue weighted by molar-refractivity contribution is 0.0904. The van der Waals surface area contributed by atoms with Crippen LogP contribution in [-0.2, 0) is 11.5 Å². The van der Waals surface area contributed by atoms with Crippen LogP contribution in [-0.4, -0.2) is 24.2 Å². The number of aromatic nitrogens is 2. The van der Waals surface area contributed by atoms with Gasteiger partial charge in [-0.3, -0.25) is 0 Å². The predicted molar refractivity (Wildman–Crippen MR) is 83.8 cm³/mol. The molecule has 0 atom stereocenters. The van der Waals surface area contributed by atoms with Crippen molar-refractivity contribution in [1.29, 1.82) is 0 Å². The minimum Gasteiger partial charge on any atom is -0.361 e. The predicted octanol–water partition coefficient (Wildman–Crippen LogP) is 4.79. The van der Waals surface area contributed by atoms with Gasteiger partial charge in [-0.25, -0.2) is 9.37 Å². The van der Waals surface area contributed by atoms with Crippen LogP contribution >= 0.6 is 23.2 Å². The standard InChI is InChI=1S/C13H17Cl2FN2OSi/c1-20(2,3)5-4-19-8-18-11-6-9(16)13(15)17-10(11)7-12(18)14/h6-7H,4-5,8H2,1-3H3. The van der Waals surface area contributed by atoms with Crippen LogP contribution < -0.4 is 0 Å². The fraction of sp³-hybridized carbons (Fsp3) is 0.462. The van der Waals surface area contributed by atoms with Gasteiger partial charge in [0.05, 0.1) is 11.0 Å². The van der Waals surface area contributed by atoms with Crippen molar-refractivity contribution < 1.29 is 9.13 Å². The van der Waals surface area contributed by atoms with E-state index in [1.54, 1.807) is 10.6 Å². The minimum atomic E-state index is -1.12. The van der Waals surface area contributed by atoms with Gasteiger partial charge in [0.1, 0.15) is 11.9 Å². The number of pyridine rings is 1. The molecular formula is C13H17Cl2FN2OSi. The molecule has 0 N–H and O–H groups in total. The Hall–Kier alpha value is -0.623. The summed E-state index contributed by atoms with van der Waals surface area (Å²) in [6, 6.07) is 4.06. The zero-order valence-electron chi connectivity index (χ0n) is 11.7. The Morgan fingerprint density at radius 3 is 2.65 bits per heavy atom. The molecule has 0 bridgehead atoms. The Balaban J connectivity index is 2.14. The van der Waals surface area contributed by atoms with E-state index >= 15 is 0 Å². The van der Waals surface area contributed by atoms with Crippen LogP contribution in [0.1, 0.15) is 0 Å². The highest BCUT2D eigenvalue weighted by molar-refractivity contribution is 6.76. The average Bonchev–Trinajstić information content (AvgIpc) is 2.60. The zero-order valence-corrected chi connectivity index (χ0v) is 14.2. The maximum atomic E-state index is 13.5. The van der Waals surface area contributed by atoms with E-state index in [0.29, 0.717) is 22.8 Å². The summed E-state index contributed by atoms with van der Waals surface area (Å²) in [6.07, 6.45) is 0. The van der Waals surface area contributed by atoms with Gasteiger partial charge >= 0.3 is 0 Å². The Kier molecular flexibility index (Phi) is 4.74. The van der Waals surface area contributed by atoms with Crippen molar-refractivity contribution >= 4 is 42.3 Å². The summed E-state index contributed by atoms with van der Waals surface area (Å²) in [5.74, 6) is -0.558. The molecule has 0 unspecified atom stereocenters. The summed E-state index contributed by atoms with van der Waals surface area (Å²) in [6.45, 7) is 7.83. The number of hydrogen-bond acceptors (Lipinski definition) is 2. The van der Waals surface area contributed by atoms with Gasteiger partial charge in [-0.05, 0) is 6.04 Å². The molecule has 2 aromatic rings. The molecule has 3 nitrogen and oxygen atoms in total. The van der Waals surface area contributed by atoms with Gasteiger partial charge in [-0.2, -0.15) is 0 Å². The van der Waals surface area contributed by atoms with Crippen molar-refractivity contribution in [3.8, 4) is 0 Å². The Bertz CT molecular complexity index is 625. The number of hydrogen-bond donors (Lipinski definition) is 0. The first-order valence-corrected chi connectivity index (χ1v) is 10.8. The zero-order chi connectivity index (χ0) is 14.9. The molecule has 0 saturated carbocycles. The molecule has 0 amide bonds. The van der Waals surface area contributed by atoms with Crippen molar-refractivity contribution in [1.82, 2.24) is 9.55 Å². The summed E-state index contributed by atoms with van der Waals surface area (Å²) in [5, 5.41) is 0.313. The summed E-state index contributed by atoms with van der Waals surface area (Å²) in [5.41, 5.74) is 1.15. The van der Waals surface area contributed by atoms with Crippen LogP contribution in [0.25, 0.3) is 11.0 Å². The first-order valence-electron chi connectivity index (χ1n) is 6.36. The van der Waals surface area contributed by atoms with Crippen LogP contribution in [0.15, 0.2) is 12.1 Å². The Labute approximate surface area is 128 Å². The van der Waals surface area contributed by atoms with E-state index in [2.05, 4.69) is 24.6 Å². The van der Waals surface area contributed by atoms with Crippen LogP contribution in [0.3, 0.4) is 0 Å². The van der Waals surface area contributed by atoms with Crippen LogP contribution in [0.2, 0.25) is 36.0 Å². The van der Waals surface area contributed by atoms with Crippen molar-refractivity contribution in [3.05, 3.63) is 28.3 Å². The van der Waals surface area contributed by atoms with Crippen LogP contribution in [0.5, 0.6) is 0 Å². The Morgan fingerprint density at radius 2 is 2.00 bits per heavy atom. The normalized spacial score (nSPS) is 12.3. The van der Waals surface area contributed by atoms with Gasteiger partial charge < -0.3 is 9.30 Å². The van der Waals surface area contributed by atoms with E-state index in [9.17, 15) is 4.39 Å². The SMILES string of the molecule is C[Si](C)(C)CCOCn1c(Cl)cc2nc(Cl)c(F)cc21. The summed E-state index contributed by atoms with van der Waals surface area (Å²) < 4.78 is 20.8. The highest BCUT2D eigenvalue weighted by atomic mass is 35.5. The largest absolute Gasteiger partial charge is 0.361 e. The van der Waals surface area contributed by atoms with Gasteiger partial charge in [-0.1, -0.05) is 42.8 Å².